The van der Waals surface area contributed by atoms with Crippen molar-refractivity contribution in [1.82, 2.24) is 0 Å². The predicted octanol–water partition coefficient (Wildman–Crippen LogP) is 3.39. The normalized spacial score (nSPS) is 10.1. The van der Waals surface area contributed by atoms with Crippen molar-refractivity contribution in [2.75, 3.05) is 0 Å². The number of hydrogen-bond acceptors (Lipinski definition) is 1. The minimum Gasteiger partial charge on any atom is -0.298 e. The van der Waals surface area contributed by atoms with E-state index in [2.05, 4.69) is 29.8 Å². The van der Waals surface area contributed by atoms with Crippen molar-refractivity contribution in [3.8, 4) is 0 Å². The molecule has 0 heterocycles. The smallest absolute Gasteiger partial charge is 0.150 e. The summed E-state index contributed by atoms with van der Waals surface area (Å²) in [7, 11) is 0. The molecule has 0 aliphatic heterocycles. The summed E-state index contributed by atoms with van der Waals surface area (Å²) in [6.45, 7) is 4.13. The highest BCUT2D eigenvalue weighted by Gasteiger charge is 2.08. The molecular formula is C11H13BrO. The Kier molecular flexibility index (Phi) is 3.67. The monoisotopic (exact) mass is 240 g/mol. The summed E-state index contributed by atoms with van der Waals surface area (Å²) in [6, 6.07) is 4.03. The summed E-state index contributed by atoms with van der Waals surface area (Å²) in [6.07, 6.45) is 2.76. The molecule has 1 rings (SSSR count). The lowest BCUT2D eigenvalue weighted by Crippen LogP contribution is -1.98. The van der Waals surface area contributed by atoms with E-state index in [1.807, 2.05) is 12.1 Å². The molecule has 1 nitrogen and oxygen atoms in total. The first-order valence-electron chi connectivity index (χ1n) is 4.50. The van der Waals surface area contributed by atoms with E-state index in [9.17, 15) is 4.79 Å². The second-order valence-corrected chi connectivity index (χ2v) is 3.78. The third-order valence-electron chi connectivity index (χ3n) is 2.24. The molecular weight excluding hydrogens is 228 g/mol. The highest BCUT2D eigenvalue weighted by Crippen LogP contribution is 2.23. The maximum atomic E-state index is 10.9. The van der Waals surface area contributed by atoms with E-state index in [1.54, 1.807) is 0 Å². The van der Waals surface area contributed by atoms with Gasteiger partial charge in [0.05, 0.1) is 0 Å². The highest BCUT2D eigenvalue weighted by atomic mass is 79.9. The number of benzene rings is 1. The fourth-order valence-corrected chi connectivity index (χ4v) is 2.13. The van der Waals surface area contributed by atoms with Crippen molar-refractivity contribution in [1.29, 1.82) is 0 Å². The Labute approximate surface area is 87.3 Å². The second kappa shape index (κ2) is 4.56. The molecule has 70 valence electrons. The van der Waals surface area contributed by atoms with Crippen molar-refractivity contribution in [3.63, 3.8) is 0 Å². The van der Waals surface area contributed by atoms with Gasteiger partial charge in [-0.2, -0.15) is 0 Å². The minimum atomic E-state index is 0.861. The average Bonchev–Trinajstić information content (AvgIpc) is 2.17. The molecule has 0 radical (unpaired) electrons. The van der Waals surface area contributed by atoms with Gasteiger partial charge in [-0.25, -0.2) is 0 Å². The molecule has 0 aliphatic rings. The molecule has 0 saturated heterocycles. The number of aryl methyl sites for hydroxylation is 1. The Morgan fingerprint density at radius 3 is 2.46 bits per heavy atom. The van der Waals surface area contributed by atoms with E-state index in [0.717, 1.165) is 40.3 Å². The lowest BCUT2D eigenvalue weighted by atomic mass is 9.99. The molecule has 0 fully saturated rings. The molecule has 0 aromatic heterocycles. The zero-order valence-electron chi connectivity index (χ0n) is 7.93. The molecule has 0 spiro atoms. The van der Waals surface area contributed by atoms with Gasteiger partial charge in [0.15, 0.2) is 6.29 Å². The van der Waals surface area contributed by atoms with Crippen LogP contribution in [-0.2, 0) is 12.8 Å². The Hall–Kier alpha value is -0.630. The number of hydrogen-bond donors (Lipinski definition) is 0. The van der Waals surface area contributed by atoms with Gasteiger partial charge in [0, 0.05) is 10.0 Å². The zero-order valence-corrected chi connectivity index (χ0v) is 9.52. The first kappa shape index (κ1) is 10.5. The molecule has 0 unspecified atom stereocenters. The van der Waals surface area contributed by atoms with Crippen LogP contribution in [-0.4, -0.2) is 6.29 Å². The van der Waals surface area contributed by atoms with Crippen LogP contribution in [0.3, 0.4) is 0 Å². The molecule has 0 atom stereocenters. The Balaban J connectivity index is 3.36. The minimum absolute atomic E-state index is 0.861. The van der Waals surface area contributed by atoms with E-state index in [0.29, 0.717) is 0 Å². The van der Waals surface area contributed by atoms with Crippen LogP contribution in [0.25, 0.3) is 0 Å². The largest absolute Gasteiger partial charge is 0.298 e. The Morgan fingerprint density at radius 2 is 2.00 bits per heavy atom. The molecule has 0 saturated carbocycles. The van der Waals surface area contributed by atoms with Crippen LogP contribution >= 0.6 is 15.9 Å². The van der Waals surface area contributed by atoms with Gasteiger partial charge in [-0.1, -0.05) is 35.8 Å². The lowest BCUT2D eigenvalue weighted by molar-refractivity contribution is 0.112. The van der Waals surface area contributed by atoms with E-state index in [4.69, 9.17) is 0 Å². The van der Waals surface area contributed by atoms with Gasteiger partial charge in [0.25, 0.3) is 0 Å². The summed E-state index contributed by atoms with van der Waals surface area (Å²) in [5, 5.41) is 0. The van der Waals surface area contributed by atoms with Gasteiger partial charge in [0.1, 0.15) is 0 Å². The van der Waals surface area contributed by atoms with Crippen LogP contribution in [0.15, 0.2) is 16.6 Å². The topological polar surface area (TPSA) is 17.1 Å². The molecule has 2 heteroatoms. The average molecular weight is 241 g/mol. The van der Waals surface area contributed by atoms with E-state index in [-0.39, 0.29) is 0 Å². The number of carbonyl (C=O) groups is 1. The molecule has 1 aromatic carbocycles. The van der Waals surface area contributed by atoms with Crippen LogP contribution < -0.4 is 0 Å². The Bertz CT molecular complexity index is 318. The van der Waals surface area contributed by atoms with Gasteiger partial charge >= 0.3 is 0 Å². The van der Waals surface area contributed by atoms with Gasteiger partial charge in [0.2, 0.25) is 0 Å². The second-order valence-electron chi connectivity index (χ2n) is 2.92. The van der Waals surface area contributed by atoms with Gasteiger partial charge in [-0.15, -0.1) is 0 Å². The molecule has 13 heavy (non-hydrogen) atoms. The van der Waals surface area contributed by atoms with Gasteiger partial charge in [-0.3, -0.25) is 4.79 Å². The molecule has 0 aliphatic carbocycles. The van der Waals surface area contributed by atoms with Gasteiger partial charge < -0.3 is 0 Å². The number of halogens is 1. The number of rotatable bonds is 3. The maximum absolute atomic E-state index is 10.9. The van der Waals surface area contributed by atoms with Crippen molar-refractivity contribution in [2.24, 2.45) is 0 Å². The van der Waals surface area contributed by atoms with Crippen molar-refractivity contribution >= 4 is 22.2 Å². The summed E-state index contributed by atoms with van der Waals surface area (Å²) >= 11 is 3.45. The van der Waals surface area contributed by atoms with Crippen molar-refractivity contribution < 1.29 is 4.79 Å². The van der Waals surface area contributed by atoms with Crippen LogP contribution in [0.4, 0.5) is 0 Å². The van der Waals surface area contributed by atoms with Gasteiger partial charge in [-0.05, 0) is 30.0 Å². The van der Waals surface area contributed by atoms with E-state index in [1.165, 1.54) is 0 Å². The lowest BCUT2D eigenvalue weighted by Gasteiger charge is -2.09. The van der Waals surface area contributed by atoms with Crippen molar-refractivity contribution in [2.45, 2.75) is 26.7 Å². The SMILES string of the molecule is CCc1ccc(Br)c(CC)c1C=O. The third kappa shape index (κ3) is 1.99. The predicted molar refractivity (Wildman–Crippen MR) is 58.3 cm³/mol. The molecule has 0 amide bonds. The van der Waals surface area contributed by atoms with E-state index < -0.39 is 0 Å². The third-order valence-corrected chi connectivity index (χ3v) is 2.99. The highest BCUT2D eigenvalue weighted by molar-refractivity contribution is 9.10. The molecule has 0 N–H and O–H groups in total. The number of carbonyl (C=O) groups excluding carboxylic acids is 1. The zero-order chi connectivity index (χ0) is 9.84. The first-order valence-corrected chi connectivity index (χ1v) is 5.29. The summed E-state index contributed by atoms with van der Waals surface area (Å²) in [5.41, 5.74) is 3.11. The summed E-state index contributed by atoms with van der Waals surface area (Å²) < 4.78 is 1.04. The fraction of sp³-hybridized carbons (Fsp3) is 0.364. The summed E-state index contributed by atoms with van der Waals surface area (Å²) in [5.74, 6) is 0. The summed E-state index contributed by atoms with van der Waals surface area (Å²) in [4.78, 5) is 10.9. The van der Waals surface area contributed by atoms with Crippen LogP contribution in [0.5, 0.6) is 0 Å². The standard InChI is InChI=1S/C11H13BrO/c1-3-8-5-6-11(12)9(4-2)10(8)7-13/h5-7H,3-4H2,1-2H3. The van der Waals surface area contributed by atoms with Crippen LogP contribution in [0.1, 0.15) is 35.3 Å². The maximum Gasteiger partial charge on any atom is 0.150 e. The first-order chi connectivity index (χ1) is 6.24. The molecule has 0 bridgehead atoms. The Morgan fingerprint density at radius 1 is 1.31 bits per heavy atom. The number of aldehydes is 1. The van der Waals surface area contributed by atoms with Crippen LogP contribution in [0.2, 0.25) is 0 Å². The van der Waals surface area contributed by atoms with Crippen LogP contribution in [0, 0.1) is 0 Å². The quantitative estimate of drug-likeness (QED) is 0.741. The fourth-order valence-electron chi connectivity index (χ4n) is 1.50. The molecule has 1 aromatic rings. The van der Waals surface area contributed by atoms with E-state index >= 15 is 0 Å². The van der Waals surface area contributed by atoms with Crippen molar-refractivity contribution in [3.05, 3.63) is 33.3 Å².